The van der Waals surface area contributed by atoms with Crippen molar-refractivity contribution in [3.8, 4) is 5.75 Å². The summed E-state index contributed by atoms with van der Waals surface area (Å²) in [7, 11) is 1.55. The lowest BCUT2D eigenvalue weighted by Gasteiger charge is -2.12. The zero-order valence-corrected chi connectivity index (χ0v) is 12.6. The number of methoxy groups -OCH3 is 1. The number of ether oxygens (including phenoxy) is 1. The van der Waals surface area contributed by atoms with Crippen LogP contribution in [0.3, 0.4) is 0 Å². The standard InChI is InChI=1S/C15H18FN3O3/c1-9(2)19-14(20)12(16)13(18-15(19)21)17-8-10-5-4-6-11(7-10)22-3/h4-7,9,17H,8H2,1-3H3,(H,18,21). The number of halogens is 1. The molecule has 0 radical (unpaired) electrons. The Morgan fingerprint density at radius 2 is 2.09 bits per heavy atom. The van der Waals surface area contributed by atoms with Gasteiger partial charge in [0.1, 0.15) is 11.6 Å². The second kappa shape index (κ2) is 6.46. The number of anilines is 1. The molecule has 1 aromatic heterocycles. The molecular weight excluding hydrogens is 289 g/mol. The average molecular weight is 307 g/mol. The fourth-order valence-corrected chi connectivity index (χ4v) is 2.09. The molecule has 2 rings (SSSR count). The molecule has 7 heteroatoms. The zero-order chi connectivity index (χ0) is 16.3. The highest BCUT2D eigenvalue weighted by atomic mass is 19.1. The van der Waals surface area contributed by atoms with Gasteiger partial charge in [0.25, 0.3) is 5.56 Å². The maximum atomic E-state index is 14.1. The summed E-state index contributed by atoms with van der Waals surface area (Å²) in [6, 6.07) is 6.76. The molecule has 2 N–H and O–H groups in total. The fourth-order valence-electron chi connectivity index (χ4n) is 2.09. The van der Waals surface area contributed by atoms with Crippen LogP contribution in [0, 0.1) is 5.82 Å². The van der Waals surface area contributed by atoms with E-state index in [0.717, 1.165) is 10.1 Å². The zero-order valence-electron chi connectivity index (χ0n) is 12.6. The van der Waals surface area contributed by atoms with Gasteiger partial charge in [0, 0.05) is 12.6 Å². The van der Waals surface area contributed by atoms with Crippen molar-refractivity contribution in [3.63, 3.8) is 0 Å². The third-order valence-electron chi connectivity index (χ3n) is 3.20. The van der Waals surface area contributed by atoms with Gasteiger partial charge in [-0.05, 0) is 31.5 Å². The predicted molar refractivity (Wildman–Crippen MR) is 82.0 cm³/mol. The summed E-state index contributed by atoms with van der Waals surface area (Å²) in [5.41, 5.74) is -0.755. The number of hydrogen-bond acceptors (Lipinski definition) is 4. The topological polar surface area (TPSA) is 76.1 Å². The number of hydrogen-bond donors (Lipinski definition) is 2. The van der Waals surface area contributed by atoms with Crippen LogP contribution in [0.1, 0.15) is 25.5 Å². The molecule has 0 aliphatic heterocycles. The molecule has 6 nitrogen and oxygen atoms in total. The highest BCUT2D eigenvalue weighted by molar-refractivity contribution is 5.37. The fraction of sp³-hybridized carbons (Fsp3) is 0.333. The van der Waals surface area contributed by atoms with E-state index in [-0.39, 0.29) is 12.4 Å². The second-order valence-corrected chi connectivity index (χ2v) is 5.09. The molecule has 0 saturated carbocycles. The molecule has 0 fully saturated rings. The predicted octanol–water partition coefficient (Wildman–Crippen LogP) is 1.88. The Labute approximate surface area is 126 Å². The first-order valence-electron chi connectivity index (χ1n) is 6.85. The van der Waals surface area contributed by atoms with Crippen LogP contribution in [0.15, 0.2) is 33.9 Å². The number of nitrogens with zero attached hydrogens (tertiary/aromatic N) is 1. The minimum atomic E-state index is -1.00. The van der Waals surface area contributed by atoms with Crippen molar-refractivity contribution in [2.75, 3.05) is 12.4 Å². The largest absolute Gasteiger partial charge is 0.497 e. The molecule has 1 aromatic carbocycles. The van der Waals surface area contributed by atoms with Crippen molar-refractivity contribution in [2.45, 2.75) is 26.4 Å². The Bertz CT molecular complexity index is 780. The second-order valence-electron chi connectivity index (χ2n) is 5.09. The van der Waals surface area contributed by atoms with Crippen LogP contribution in [0.4, 0.5) is 10.2 Å². The van der Waals surface area contributed by atoms with Crippen molar-refractivity contribution in [2.24, 2.45) is 0 Å². The van der Waals surface area contributed by atoms with Crippen LogP contribution in [0.2, 0.25) is 0 Å². The summed E-state index contributed by atoms with van der Waals surface area (Å²) in [6.45, 7) is 3.52. The molecule has 0 saturated heterocycles. The quantitative estimate of drug-likeness (QED) is 0.884. The van der Waals surface area contributed by atoms with Gasteiger partial charge >= 0.3 is 5.69 Å². The lowest BCUT2D eigenvalue weighted by Crippen LogP contribution is -2.39. The summed E-state index contributed by atoms with van der Waals surface area (Å²) < 4.78 is 20.0. The van der Waals surface area contributed by atoms with Gasteiger partial charge < -0.3 is 10.1 Å². The molecule has 2 aromatic rings. The van der Waals surface area contributed by atoms with Crippen LogP contribution in [-0.4, -0.2) is 16.7 Å². The summed E-state index contributed by atoms with van der Waals surface area (Å²) in [6.07, 6.45) is 0. The Morgan fingerprint density at radius 1 is 1.36 bits per heavy atom. The van der Waals surface area contributed by atoms with Crippen LogP contribution < -0.4 is 21.3 Å². The molecule has 22 heavy (non-hydrogen) atoms. The van der Waals surface area contributed by atoms with Gasteiger partial charge in [-0.2, -0.15) is 4.39 Å². The Balaban J connectivity index is 2.27. The molecule has 0 bridgehead atoms. The number of aromatic nitrogens is 2. The van der Waals surface area contributed by atoms with Crippen molar-refractivity contribution >= 4 is 5.82 Å². The molecule has 1 heterocycles. The van der Waals surface area contributed by atoms with E-state index >= 15 is 0 Å². The smallest absolute Gasteiger partial charge is 0.330 e. The van der Waals surface area contributed by atoms with Crippen molar-refractivity contribution in [1.29, 1.82) is 0 Å². The van der Waals surface area contributed by atoms with Gasteiger partial charge in [-0.1, -0.05) is 12.1 Å². The van der Waals surface area contributed by atoms with Gasteiger partial charge in [0.05, 0.1) is 7.11 Å². The number of rotatable bonds is 5. The molecule has 0 amide bonds. The Morgan fingerprint density at radius 3 is 2.73 bits per heavy atom. The summed E-state index contributed by atoms with van der Waals surface area (Å²) in [5, 5.41) is 2.73. The molecule has 0 aliphatic rings. The lowest BCUT2D eigenvalue weighted by molar-refractivity contribution is 0.414. The van der Waals surface area contributed by atoms with E-state index < -0.39 is 23.1 Å². The van der Waals surface area contributed by atoms with Crippen LogP contribution >= 0.6 is 0 Å². The number of nitrogens with one attached hydrogen (secondary N) is 2. The van der Waals surface area contributed by atoms with E-state index in [1.165, 1.54) is 0 Å². The summed E-state index contributed by atoms with van der Waals surface area (Å²) in [4.78, 5) is 26.1. The highest BCUT2D eigenvalue weighted by Crippen LogP contribution is 2.14. The van der Waals surface area contributed by atoms with E-state index in [1.54, 1.807) is 39.2 Å². The van der Waals surface area contributed by atoms with E-state index in [0.29, 0.717) is 5.75 Å². The van der Waals surface area contributed by atoms with Crippen LogP contribution in [0.5, 0.6) is 5.75 Å². The normalized spacial score (nSPS) is 10.8. The van der Waals surface area contributed by atoms with Crippen molar-refractivity contribution in [3.05, 3.63) is 56.5 Å². The van der Waals surface area contributed by atoms with E-state index in [1.807, 2.05) is 6.07 Å². The maximum Gasteiger partial charge on any atom is 0.330 e. The van der Waals surface area contributed by atoms with E-state index in [2.05, 4.69) is 10.3 Å². The molecule has 0 atom stereocenters. The monoisotopic (exact) mass is 307 g/mol. The third-order valence-corrected chi connectivity index (χ3v) is 3.20. The Hall–Kier alpha value is -2.57. The summed E-state index contributed by atoms with van der Waals surface area (Å²) >= 11 is 0. The van der Waals surface area contributed by atoms with Crippen LogP contribution in [0.25, 0.3) is 0 Å². The summed E-state index contributed by atoms with van der Waals surface area (Å²) in [5.74, 6) is -0.547. The van der Waals surface area contributed by atoms with Gasteiger partial charge in [-0.15, -0.1) is 0 Å². The van der Waals surface area contributed by atoms with Gasteiger partial charge in [0.2, 0.25) is 5.82 Å². The van der Waals surface area contributed by atoms with Crippen molar-refractivity contribution in [1.82, 2.24) is 9.55 Å². The third kappa shape index (κ3) is 3.19. The molecule has 0 unspecified atom stereocenters. The molecule has 0 aliphatic carbocycles. The first kappa shape index (κ1) is 15.8. The molecule has 0 spiro atoms. The number of aromatic amines is 1. The van der Waals surface area contributed by atoms with Gasteiger partial charge in [-0.3, -0.25) is 14.3 Å². The number of H-pyrrole nitrogens is 1. The minimum Gasteiger partial charge on any atom is -0.497 e. The van der Waals surface area contributed by atoms with Gasteiger partial charge in [-0.25, -0.2) is 4.79 Å². The van der Waals surface area contributed by atoms with E-state index in [9.17, 15) is 14.0 Å². The first-order valence-corrected chi connectivity index (χ1v) is 6.85. The first-order chi connectivity index (χ1) is 10.4. The molecular formula is C15H18FN3O3. The van der Waals surface area contributed by atoms with E-state index in [4.69, 9.17) is 4.74 Å². The molecule has 118 valence electrons. The Kier molecular flexibility index (Phi) is 4.65. The number of benzene rings is 1. The minimum absolute atomic E-state index is 0.213. The van der Waals surface area contributed by atoms with Gasteiger partial charge in [0.15, 0.2) is 0 Å². The van der Waals surface area contributed by atoms with Crippen LogP contribution in [-0.2, 0) is 6.54 Å². The SMILES string of the molecule is COc1cccc(CNc2[nH]c(=O)n(C(C)C)c(=O)c2F)c1. The lowest BCUT2D eigenvalue weighted by atomic mass is 10.2. The highest BCUT2D eigenvalue weighted by Gasteiger charge is 2.15. The average Bonchev–Trinajstić information content (AvgIpc) is 2.49. The maximum absolute atomic E-state index is 14.1. The van der Waals surface area contributed by atoms with Crippen molar-refractivity contribution < 1.29 is 9.13 Å².